The first-order valence-electron chi connectivity index (χ1n) is 14.0. The molecule has 194 valence electrons. The third kappa shape index (κ3) is 6.21. The summed E-state index contributed by atoms with van der Waals surface area (Å²) in [5.41, 5.74) is 13.6. The maximum Gasteiger partial charge on any atom is 0.0462 e. The van der Waals surface area contributed by atoms with E-state index in [1.54, 1.807) is 0 Å². The summed E-state index contributed by atoms with van der Waals surface area (Å²) >= 11 is 0. The Balaban J connectivity index is 1.56. The van der Waals surface area contributed by atoms with Gasteiger partial charge >= 0.3 is 0 Å². The van der Waals surface area contributed by atoms with Crippen molar-refractivity contribution >= 4 is 28.7 Å². The molecule has 0 fully saturated rings. The van der Waals surface area contributed by atoms with Gasteiger partial charge in [-0.15, -0.1) is 0 Å². The summed E-state index contributed by atoms with van der Waals surface area (Å²) in [6, 6.07) is 44.3. The van der Waals surface area contributed by atoms with E-state index in [9.17, 15) is 0 Å². The molecule has 0 N–H and O–H groups in total. The van der Waals surface area contributed by atoms with Crippen LogP contribution < -0.4 is 4.90 Å². The predicted molar refractivity (Wildman–Crippen MR) is 169 cm³/mol. The smallest absolute Gasteiger partial charge is 0.0462 e. The standard InChI is InChI=1S/C38H37N/c1-5-30-12-18-35(19-13-30)39(36-20-14-31(6-2)15-21-36)37-22-16-32(17-23-37)27-38(33-10-8-7-9-11-33)34-25-28(3)24-29(4)26-34/h7-27H,5-6H2,1-4H3/b38-27+. The molecule has 1 nitrogen and oxygen atoms in total. The lowest BCUT2D eigenvalue weighted by Crippen LogP contribution is -2.10. The highest BCUT2D eigenvalue weighted by molar-refractivity contribution is 5.92. The van der Waals surface area contributed by atoms with Gasteiger partial charge in [-0.25, -0.2) is 0 Å². The maximum atomic E-state index is 2.34. The topological polar surface area (TPSA) is 3.24 Å². The van der Waals surface area contributed by atoms with Gasteiger partial charge < -0.3 is 4.90 Å². The Morgan fingerprint density at radius 2 is 1.00 bits per heavy atom. The molecule has 0 heterocycles. The molecule has 0 saturated carbocycles. The van der Waals surface area contributed by atoms with Gasteiger partial charge in [0.05, 0.1) is 0 Å². The first-order chi connectivity index (χ1) is 19.0. The van der Waals surface area contributed by atoms with Gasteiger partial charge in [0.25, 0.3) is 0 Å². The van der Waals surface area contributed by atoms with Gasteiger partial charge in [-0.1, -0.05) is 110 Å². The fourth-order valence-electron chi connectivity index (χ4n) is 5.18. The Bertz CT molecular complexity index is 1470. The van der Waals surface area contributed by atoms with Gasteiger partial charge in [0.2, 0.25) is 0 Å². The molecular formula is C38H37N. The van der Waals surface area contributed by atoms with Crippen LogP contribution in [0.25, 0.3) is 11.6 Å². The lowest BCUT2D eigenvalue weighted by Gasteiger charge is -2.26. The van der Waals surface area contributed by atoms with Crippen LogP contribution in [-0.2, 0) is 12.8 Å². The van der Waals surface area contributed by atoms with E-state index in [0.29, 0.717) is 0 Å². The number of hydrogen-bond acceptors (Lipinski definition) is 1. The number of hydrogen-bond donors (Lipinski definition) is 0. The second-order valence-corrected chi connectivity index (χ2v) is 10.3. The van der Waals surface area contributed by atoms with Crippen molar-refractivity contribution < 1.29 is 0 Å². The molecule has 0 aliphatic carbocycles. The van der Waals surface area contributed by atoms with E-state index in [2.05, 4.69) is 160 Å². The molecule has 0 bridgehead atoms. The summed E-state index contributed by atoms with van der Waals surface area (Å²) in [6.45, 7) is 8.74. The first-order valence-corrected chi connectivity index (χ1v) is 14.0. The molecule has 1 heteroatoms. The van der Waals surface area contributed by atoms with Crippen LogP contribution in [0.1, 0.15) is 52.8 Å². The minimum Gasteiger partial charge on any atom is -0.311 e. The highest BCUT2D eigenvalue weighted by Gasteiger charge is 2.13. The Labute approximate surface area is 234 Å². The van der Waals surface area contributed by atoms with E-state index in [0.717, 1.165) is 18.5 Å². The summed E-state index contributed by atoms with van der Waals surface area (Å²) in [5, 5.41) is 0. The van der Waals surface area contributed by atoms with Crippen LogP contribution in [0.4, 0.5) is 17.1 Å². The van der Waals surface area contributed by atoms with Crippen LogP contribution in [0.5, 0.6) is 0 Å². The van der Waals surface area contributed by atoms with E-state index in [1.165, 1.54) is 55.9 Å². The number of rotatable bonds is 8. The summed E-state index contributed by atoms with van der Waals surface area (Å²) in [5.74, 6) is 0. The van der Waals surface area contributed by atoms with Crippen molar-refractivity contribution in [1.29, 1.82) is 0 Å². The molecule has 5 aromatic rings. The lowest BCUT2D eigenvalue weighted by atomic mass is 9.93. The molecular weight excluding hydrogens is 470 g/mol. The zero-order chi connectivity index (χ0) is 27.2. The second kappa shape index (κ2) is 12.0. The van der Waals surface area contributed by atoms with E-state index in [4.69, 9.17) is 0 Å². The fourth-order valence-corrected chi connectivity index (χ4v) is 5.18. The largest absolute Gasteiger partial charge is 0.311 e. The highest BCUT2D eigenvalue weighted by atomic mass is 15.1. The summed E-state index contributed by atoms with van der Waals surface area (Å²) in [7, 11) is 0. The van der Waals surface area contributed by atoms with Crippen LogP contribution >= 0.6 is 0 Å². The zero-order valence-electron chi connectivity index (χ0n) is 23.5. The van der Waals surface area contributed by atoms with Crippen molar-refractivity contribution in [2.75, 3.05) is 4.90 Å². The third-order valence-electron chi connectivity index (χ3n) is 7.29. The third-order valence-corrected chi connectivity index (χ3v) is 7.29. The number of anilines is 3. The molecule has 0 aliphatic heterocycles. The lowest BCUT2D eigenvalue weighted by molar-refractivity contribution is 1.13. The summed E-state index contributed by atoms with van der Waals surface area (Å²) < 4.78 is 0. The van der Waals surface area contributed by atoms with E-state index in [-0.39, 0.29) is 0 Å². The Morgan fingerprint density at radius 1 is 0.538 bits per heavy atom. The van der Waals surface area contributed by atoms with Crippen LogP contribution in [0.15, 0.2) is 121 Å². The first kappa shape index (κ1) is 26.3. The molecule has 0 atom stereocenters. The van der Waals surface area contributed by atoms with E-state index in [1.807, 2.05) is 0 Å². The van der Waals surface area contributed by atoms with Crippen molar-refractivity contribution in [2.24, 2.45) is 0 Å². The minimum absolute atomic E-state index is 1.04. The zero-order valence-corrected chi connectivity index (χ0v) is 23.5. The minimum atomic E-state index is 1.04. The number of aryl methyl sites for hydroxylation is 4. The van der Waals surface area contributed by atoms with E-state index < -0.39 is 0 Å². The quantitative estimate of drug-likeness (QED) is 0.189. The van der Waals surface area contributed by atoms with Crippen LogP contribution in [0, 0.1) is 13.8 Å². The normalized spacial score (nSPS) is 11.4. The van der Waals surface area contributed by atoms with Crippen LogP contribution in [-0.4, -0.2) is 0 Å². The summed E-state index contributed by atoms with van der Waals surface area (Å²) in [6.07, 6.45) is 4.39. The maximum absolute atomic E-state index is 2.34. The Hall–Kier alpha value is -4.36. The average Bonchev–Trinajstić information content (AvgIpc) is 2.97. The summed E-state index contributed by atoms with van der Waals surface area (Å²) in [4.78, 5) is 2.34. The van der Waals surface area contributed by atoms with Gasteiger partial charge in [0.15, 0.2) is 0 Å². The SMILES string of the molecule is CCc1ccc(N(c2ccc(/C=C(\c3ccccc3)c3cc(C)cc(C)c3)cc2)c2ccc(CC)cc2)cc1. The van der Waals surface area contributed by atoms with Crippen molar-refractivity contribution in [3.05, 3.63) is 160 Å². The number of nitrogens with zero attached hydrogens (tertiary/aromatic N) is 1. The van der Waals surface area contributed by atoms with E-state index >= 15 is 0 Å². The molecule has 0 aromatic heterocycles. The van der Waals surface area contributed by atoms with Crippen LogP contribution in [0.3, 0.4) is 0 Å². The fraction of sp³-hybridized carbons (Fsp3) is 0.158. The molecule has 5 rings (SSSR count). The Kier molecular flexibility index (Phi) is 8.08. The van der Waals surface area contributed by atoms with Gasteiger partial charge in [-0.05, 0) is 103 Å². The molecule has 0 amide bonds. The molecule has 0 radical (unpaired) electrons. The monoisotopic (exact) mass is 507 g/mol. The molecule has 0 aliphatic rings. The Morgan fingerprint density at radius 3 is 1.46 bits per heavy atom. The second-order valence-electron chi connectivity index (χ2n) is 10.3. The van der Waals surface area contributed by atoms with Gasteiger partial charge in [-0.3, -0.25) is 0 Å². The molecule has 0 spiro atoms. The van der Waals surface area contributed by atoms with Crippen LogP contribution in [0.2, 0.25) is 0 Å². The van der Waals surface area contributed by atoms with Gasteiger partial charge in [-0.2, -0.15) is 0 Å². The van der Waals surface area contributed by atoms with Gasteiger partial charge in [0, 0.05) is 17.1 Å². The predicted octanol–water partition coefficient (Wildman–Crippen LogP) is 10.5. The van der Waals surface area contributed by atoms with Crippen molar-refractivity contribution in [3.63, 3.8) is 0 Å². The highest BCUT2D eigenvalue weighted by Crippen LogP contribution is 2.36. The number of benzene rings is 5. The molecule has 39 heavy (non-hydrogen) atoms. The van der Waals surface area contributed by atoms with Gasteiger partial charge in [0.1, 0.15) is 0 Å². The molecule has 5 aromatic carbocycles. The molecule has 0 unspecified atom stereocenters. The van der Waals surface area contributed by atoms with Crippen molar-refractivity contribution in [1.82, 2.24) is 0 Å². The van der Waals surface area contributed by atoms with Crippen molar-refractivity contribution in [3.8, 4) is 0 Å². The molecule has 0 saturated heterocycles. The average molecular weight is 508 g/mol. The van der Waals surface area contributed by atoms with Crippen molar-refractivity contribution in [2.45, 2.75) is 40.5 Å².